The topological polar surface area (TPSA) is 53.3 Å². The second kappa shape index (κ2) is 7.47. The Balaban J connectivity index is 1.43. The minimum Gasteiger partial charge on any atom is -0.384 e. The fourth-order valence-corrected chi connectivity index (χ4v) is 3.28. The average molecular weight is 328 g/mol. The first kappa shape index (κ1) is 17.1. The molecule has 0 saturated carbocycles. The maximum absolute atomic E-state index is 10.6. The molecule has 2 atom stereocenters. The van der Waals surface area contributed by atoms with E-state index in [0.29, 0.717) is 12.6 Å². The second-order valence-corrected chi connectivity index (χ2v) is 7.08. The minimum atomic E-state index is -0.883. The molecule has 0 amide bonds. The van der Waals surface area contributed by atoms with Crippen LogP contribution < -0.4 is 5.32 Å². The highest BCUT2D eigenvalue weighted by Gasteiger charge is 2.28. The number of benzene rings is 1. The Bertz CT molecular complexity index is 638. The van der Waals surface area contributed by atoms with E-state index in [-0.39, 0.29) is 0 Å². The van der Waals surface area contributed by atoms with Crippen LogP contribution in [0.15, 0.2) is 42.7 Å². The highest BCUT2D eigenvalue weighted by Crippen LogP contribution is 2.20. The van der Waals surface area contributed by atoms with Gasteiger partial charge in [0.25, 0.3) is 0 Å². The molecule has 5 nitrogen and oxygen atoms in total. The number of hydrogen-bond donors (Lipinski definition) is 2. The van der Waals surface area contributed by atoms with E-state index in [9.17, 15) is 5.11 Å². The van der Waals surface area contributed by atoms with Crippen LogP contribution in [0.1, 0.15) is 24.5 Å². The van der Waals surface area contributed by atoms with Crippen LogP contribution in [0.4, 0.5) is 0 Å². The number of aromatic nitrogens is 2. The van der Waals surface area contributed by atoms with E-state index in [1.54, 1.807) is 10.9 Å². The zero-order valence-electron chi connectivity index (χ0n) is 14.7. The molecule has 2 unspecified atom stereocenters. The Morgan fingerprint density at radius 1 is 1.33 bits per heavy atom. The Kier molecular flexibility index (Phi) is 5.33. The van der Waals surface area contributed by atoms with Crippen molar-refractivity contribution in [3.63, 3.8) is 0 Å². The van der Waals surface area contributed by atoms with Crippen LogP contribution in [0.25, 0.3) is 0 Å². The van der Waals surface area contributed by atoms with Crippen molar-refractivity contribution < 1.29 is 5.11 Å². The van der Waals surface area contributed by atoms with Crippen molar-refractivity contribution in [1.29, 1.82) is 0 Å². The Labute approximate surface area is 144 Å². The summed E-state index contributed by atoms with van der Waals surface area (Å²) in [5.74, 6) is 0. The molecule has 1 saturated heterocycles. The summed E-state index contributed by atoms with van der Waals surface area (Å²) in [6.07, 6.45) is 5.85. The summed E-state index contributed by atoms with van der Waals surface area (Å²) in [6.45, 7) is 5.67. The van der Waals surface area contributed by atoms with Gasteiger partial charge in [0.15, 0.2) is 0 Å². The van der Waals surface area contributed by atoms with Crippen molar-refractivity contribution in [3.05, 3.63) is 53.9 Å². The molecule has 1 aromatic carbocycles. The van der Waals surface area contributed by atoms with Crippen LogP contribution >= 0.6 is 0 Å². The van der Waals surface area contributed by atoms with E-state index in [1.165, 1.54) is 5.56 Å². The summed E-state index contributed by atoms with van der Waals surface area (Å²) in [5, 5.41) is 18.3. The molecule has 1 fully saturated rings. The summed E-state index contributed by atoms with van der Waals surface area (Å²) >= 11 is 0. The number of rotatable bonds is 7. The Hall–Kier alpha value is -1.69. The third-order valence-corrected chi connectivity index (χ3v) is 4.89. The molecule has 5 heteroatoms. The minimum absolute atomic E-state index is 0.448. The fourth-order valence-electron chi connectivity index (χ4n) is 3.28. The summed E-state index contributed by atoms with van der Waals surface area (Å²) in [6, 6.07) is 11.1. The van der Waals surface area contributed by atoms with Crippen LogP contribution in [-0.2, 0) is 19.1 Å². The zero-order chi connectivity index (χ0) is 17.0. The highest BCUT2D eigenvalue weighted by atomic mass is 16.3. The van der Waals surface area contributed by atoms with Crippen LogP contribution in [0, 0.1) is 0 Å². The molecular formula is C19H28N4O. The first-order valence-corrected chi connectivity index (χ1v) is 8.74. The van der Waals surface area contributed by atoms with E-state index < -0.39 is 5.60 Å². The molecule has 2 heterocycles. The third kappa shape index (κ3) is 4.44. The molecule has 1 aromatic heterocycles. The van der Waals surface area contributed by atoms with Gasteiger partial charge >= 0.3 is 0 Å². The van der Waals surface area contributed by atoms with Crippen molar-refractivity contribution in [2.24, 2.45) is 7.05 Å². The summed E-state index contributed by atoms with van der Waals surface area (Å²) in [4.78, 5) is 2.50. The van der Waals surface area contributed by atoms with Gasteiger partial charge in [-0.15, -0.1) is 0 Å². The summed E-state index contributed by atoms with van der Waals surface area (Å²) < 4.78 is 1.73. The van der Waals surface area contributed by atoms with Gasteiger partial charge in [-0.05, 0) is 31.9 Å². The summed E-state index contributed by atoms with van der Waals surface area (Å²) in [5.41, 5.74) is 1.37. The first-order chi connectivity index (χ1) is 11.5. The van der Waals surface area contributed by atoms with E-state index in [1.807, 2.05) is 20.2 Å². The lowest BCUT2D eigenvalue weighted by atomic mass is 9.99. The lowest BCUT2D eigenvalue weighted by Gasteiger charge is -2.25. The third-order valence-electron chi connectivity index (χ3n) is 4.89. The van der Waals surface area contributed by atoms with Gasteiger partial charge in [-0.1, -0.05) is 30.3 Å². The highest BCUT2D eigenvalue weighted by molar-refractivity contribution is 5.15. The van der Waals surface area contributed by atoms with Gasteiger partial charge in [0.1, 0.15) is 5.60 Å². The molecule has 0 bridgehead atoms. The van der Waals surface area contributed by atoms with Gasteiger partial charge in [-0.2, -0.15) is 5.10 Å². The van der Waals surface area contributed by atoms with Crippen molar-refractivity contribution in [2.45, 2.75) is 31.4 Å². The molecule has 1 aliphatic rings. The lowest BCUT2D eigenvalue weighted by Crippen LogP contribution is -2.42. The maximum Gasteiger partial charge on any atom is 0.102 e. The normalized spacial score (nSPS) is 21.0. The molecule has 3 rings (SSSR count). The molecule has 1 aliphatic heterocycles. The van der Waals surface area contributed by atoms with Crippen molar-refractivity contribution in [2.75, 3.05) is 26.2 Å². The quantitative estimate of drug-likeness (QED) is 0.809. The predicted molar refractivity (Wildman–Crippen MR) is 95.8 cm³/mol. The first-order valence-electron chi connectivity index (χ1n) is 8.74. The number of aryl methyl sites for hydroxylation is 1. The van der Waals surface area contributed by atoms with Gasteiger partial charge in [0.05, 0.1) is 6.20 Å². The Morgan fingerprint density at radius 2 is 2.12 bits per heavy atom. The van der Waals surface area contributed by atoms with Crippen LogP contribution in [0.2, 0.25) is 0 Å². The van der Waals surface area contributed by atoms with Crippen LogP contribution in [0.5, 0.6) is 0 Å². The molecule has 2 aromatic rings. The number of likely N-dealkylation sites (tertiary alicyclic amines) is 1. The van der Waals surface area contributed by atoms with Gasteiger partial charge in [-0.25, -0.2) is 0 Å². The smallest absolute Gasteiger partial charge is 0.102 e. The van der Waals surface area contributed by atoms with Crippen molar-refractivity contribution >= 4 is 0 Å². The molecule has 0 spiro atoms. The molecule has 0 aliphatic carbocycles. The number of aliphatic hydroxyl groups is 1. The maximum atomic E-state index is 10.6. The number of hydrogen-bond acceptors (Lipinski definition) is 4. The summed E-state index contributed by atoms with van der Waals surface area (Å²) in [7, 11) is 1.87. The fraction of sp³-hybridized carbons (Fsp3) is 0.526. The van der Waals surface area contributed by atoms with E-state index in [2.05, 4.69) is 45.6 Å². The van der Waals surface area contributed by atoms with E-state index in [4.69, 9.17) is 0 Å². The molecule has 0 radical (unpaired) electrons. The average Bonchev–Trinajstić information content (AvgIpc) is 3.21. The lowest BCUT2D eigenvalue weighted by molar-refractivity contribution is 0.0540. The van der Waals surface area contributed by atoms with Gasteiger partial charge < -0.3 is 15.3 Å². The van der Waals surface area contributed by atoms with Crippen molar-refractivity contribution in [3.8, 4) is 0 Å². The number of nitrogens with zero attached hydrogens (tertiary/aromatic N) is 3. The monoisotopic (exact) mass is 328 g/mol. The van der Waals surface area contributed by atoms with Gasteiger partial charge in [0.2, 0.25) is 0 Å². The van der Waals surface area contributed by atoms with Crippen LogP contribution in [0.3, 0.4) is 0 Å². The van der Waals surface area contributed by atoms with Crippen LogP contribution in [-0.4, -0.2) is 52.0 Å². The van der Waals surface area contributed by atoms with Gasteiger partial charge in [-0.3, -0.25) is 4.68 Å². The van der Waals surface area contributed by atoms with Crippen molar-refractivity contribution in [1.82, 2.24) is 20.0 Å². The zero-order valence-corrected chi connectivity index (χ0v) is 14.7. The Morgan fingerprint density at radius 3 is 2.83 bits per heavy atom. The number of nitrogens with one attached hydrogen (secondary N) is 1. The largest absolute Gasteiger partial charge is 0.384 e. The van der Waals surface area contributed by atoms with Gasteiger partial charge in [0, 0.05) is 44.5 Å². The van der Waals surface area contributed by atoms with E-state index in [0.717, 1.165) is 38.0 Å². The second-order valence-electron chi connectivity index (χ2n) is 7.08. The SMILES string of the molecule is Cn1cc(C(C)(O)CNC2CCN(CCc3ccccc3)C2)cn1. The van der Waals surface area contributed by atoms with E-state index >= 15 is 0 Å². The standard InChI is InChI=1S/C19H28N4O/c1-19(24,17-12-21-22(2)13-17)15-20-18-9-11-23(14-18)10-8-16-6-4-3-5-7-16/h3-7,12-13,18,20,24H,8-11,14-15H2,1-2H3. The molecule has 130 valence electrons. The molecule has 24 heavy (non-hydrogen) atoms. The predicted octanol–water partition coefficient (Wildman–Crippen LogP) is 1.53. The molecular weight excluding hydrogens is 300 g/mol. The molecule has 2 N–H and O–H groups in total.